The summed E-state index contributed by atoms with van der Waals surface area (Å²) in [7, 11) is 1.72. The second-order valence-corrected chi connectivity index (χ2v) is 5.25. The molecule has 2 atom stereocenters. The Morgan fingerprint density at radius 2 is 2.25 bits per heavy atom. The summed E-state index contributed by atoms with van der Waals surface area (Å²) in [6, 6.07) is 0.107. The van der Waals surface area contributed by atoms with Crippen molar-refractivity contribution in [3.05, 3.63) is 16.1 Å². The zero-order valence-corrected chi connectivity index (χ0v) is 11.2. The Hall–Kier alpha value is -0.490. The minimum Gasteiger partial charge on any atom is -0.380 e. The molecular weight excluding hydrogens is 222 g/mol. The van der Waals surface area contributed by atoms with Crippen LogP contribution in [0.15, 0.2) is 5.38 Å². The van der Waals surface area contributed by atoms with Crippen LogP contribution < -0.4 is 11.3 Å². The number of rotatable bonds is 6. The number of hydrogen-bond acceptors (Lipinski definition) is 5. The summed E-state index contributed by atoms with van der Waals surface area (Å²) in [5.41, 5.74) is 3.90. The highest BCUT2D eigenvalue weighted by Gasteiger charge is 2.24. The first kappa shape index (κ1) is 13.6. The molecule has 0 saturated carbocycles. The maximum absolute atomic E-state index is 5.59. The van der Waals surface area contributed by atoms with E-state index >= 15 is 0 Å². The van der Waals surface area contributed by atoms with E-state index in [9.17, 15) is 0 Å². The molecule has 0 radical (unpaired) electrons. The Morgan fingerprint density at radius 1 is 1.56 bits per heavy atom. The summed E-state index contributed by atoms with van der Waals surface area (Å²) in [6.07, 6.45) is 0.917. The van der Waals surface area contributed by atoms with Gasteiger partial charge in [-0.1, -0.05) is 13.8 Å². The van der Waals surface area contributed by atoms with Crippen molar-refractivity contribution in [2.45, 2.75) is 39.3 Å². The van der Waals surface area contributed by atoms with Gasteiger partial charge in [0.2, 0.25) is 0 Å². The van der Waals surface area contributed by atoms with Gasteiger partial charge < -0.3 is 4.74 Å². The zero-order valence-electron chi connectivity index (χ0n) is 10.4. The molecule has 1 rings (SSSR count). The fourth-order valence-corrected chi connectivity index (χ4v) is 2.69. The number of nitrogens with zero attached hydrogens (tertiary/aromatic N) is 1. The molecule has 0 aliphatic rings. The van der Waals surface area contributed by atoms with Gasteiger partial charge in [0.15, 0.2) is 0 Å². The number of hydrogen-bond donors (Lipinski definition) is 2. The molecule has 1 aromatic heterocycles. The van der Waals surface area contributed by atoms with Crippen molar-refractivity contribution in [3.63, 3.8) is 0 Å². The number of thiazole rings is 1. The molecule has 0 amide bonds. The predicted molar refractivity (Wildman–Crippen MR) is 67.3 cm³/mol. The molecule has 0 aromatic carbocycles. The normalized spacial score (nSPS) is 15.4. The molecule has 1 heterocycles. The molecular formula is C11H21N3OS. The van der Waals surface area contributed by atoms with Crippen LogP contribution in [0.2, 0.25) is 0 Å². The molecule has 0 saturated heterocycles. The van der Waals surface area contributed by atoms with Crippen LogP contribution in [0.5, 0.6) is 0 Å². The third-order valence-corrected chi connectivity index (χ3v) is 3.59. The topological polar surface area (TPSA) is 60.2 Å². The van der Waals surface area contributed by atoms with Crippen molar-refractivity contribution >= 4 is 11.3 Å². The molecule has 0 fully saturated rings. The van der Waals surface area contributed by atoms with Crippen molar-refractivity contribution in [2.24, 2.45) is 11.8 Å². The van der Waals surface area contributed by atoms with Crippen LogP contribution >= 0.6 is 11.3 Å². The Morgan fingerprint density at radius 3 is 2.62 bits per heavy atom. The van der Waals surface area contributed by atoms with Crippen molar-refractivity contribution in [1.29, 1.82) is 0 Å². The van der Waals surface area contributed by atoms with Gasteiger partial charge in [0, 0.05) is 24.6 Å². The molecule has 92 valence electrons. The smallest absolute Gasteiger partial charge is 0.0945 e. The lowest BCUT2D eigenvalue weighted by molar-refractivity contribution is 0.0332. The first-order valence-electron chi connectivity index (χ1n) is 5.48. The predicted octanol–water partition coefficient (Wildman–Crippen LogP) is 1.50. The third-order valence-electron chi connectivity index (χ3n) is 2.60. The molecule has 0 spiro atoms. The van der Waals surface area contributed by atoms with Crippen LogP contribution in [-0.4, -0.2) is 24.2 Å². The van der Waals surface area contributed by atoms with Gasteiger partial charge in [-0.25, -0.2) is 4.98 Å². The van der Waals surface area contributed by atoms with Gasteiger partial charge in [0.05, 0.1) is 17.2 Å². The Kier molecular flexibility index (Phi) is 5.34. The highest BCUT2D eigenvalue weighted by Crippen LogP contribution is 2.17. The van der Waals surface area contributed by atoms with Gasteiger partial charge in [-0.2, -0.15) is 0 Å². The molecule has 5 heteroatoms. The monoisotopic (exact) mass is 243 g/mol. The number of nitrogens with two attached hydrogens (primary N) is 1. The molecule has 16 heavy (non-hydrogen) atoms. The van der Waals surface area contributed by atoms with E-state index in [1.165, 1.54) is 0 Å². The quantitative estimate of drug-likeness (QED) is 0.587. The van der Waals surface area contributed by atoms with E-state index in [1.807, 2.05) is 6.92 Å². The summed E-state index contributed by atoms with van der Waals surface area (Å²) < 4.78 is 5.48. The Balaban J connectivity index is 2.67. The van der Waals surface area contributed by atoms with Gasteiger partial charge in [0.25, 0.3) is 0 Å². The average molecular weight is 243 g/mol. The average Bonchev–Trinajstić information content (AvgIpc) is 2.63. The van der Waals surface area contributed by atoms with Crippen LogP contribution in [0.1, 0.15) is 24.5 Å². The first-order chi connectivity index (χ1) is 7.58. The summed E-state index contributed by atoms with van der Waals surface area (Å²) in [5, 5.41) is 3.16. The standard InChI is InChI=1S/C11H21N3OS/c1-7(2)11(15-4)9(14-12)5-10-13-8(3)6-16-10/h6-7,9,11,14H,5,12H2,1-4H3. The van der Waals surface area contributed by atoms with E-state index in [0.717, 1.165) is 17.1 Å². The lowest BCUT2D eigenvalue weighted by Gasteiger charge is -2.27. The number of aryl methyl sites for hydroxylation is 1. The Bertz CT molecular complexity index is 314. The second kappa shape index (κ2) is 6.30. The molecule has 0 aliphatic carbocycles. The van der Waals surface area contributed by atoms with Crippen molar-refractivity contribution in [2.75, 3.05) is 7.11 Å². The van der Waals surface area contributed by atoms with E-state index in [-0.39, 0.29) is 12.1 Å². The van der Waals surface area contributed by atoms with E-state index < -0.39 is 0 Å². The van der Waals surface area contributed by atoms with Crippen LogP contribution in [-0.2, 0) is 11.2 Å². The van der Waals surface area contributed by atoms with E-state index in [1.54, 1.807) is 18.4 Å². The van der Waals surface area contributed by atoms with Gasteiger partial charge in [0.1, 0.15) is 0 Å². The summed E-state index contributed by atoms with van der Waals surface area (Å²) in [4.78, 5) is 4.44. The molecule has 3 N–H and O–H groups in total. The summed E-state index contributed by atoms with van der Waals surface area (Å²) in [5.74, 6) is 6.01. The van der Waals surface area contributed by atoms with Crippen LogP contribution in [0.3, 0.4) is 0 Å². The Labute approximate surface area is 101 Å². The fourth-order valence-electron chi connectivity index (χ4n) is 1.86. The number of nitrogens with one attached hydrogen (secondary N) is 1. The minimum atomic E-state index is 0.106. The fraction of sp³-hybridized carbons (Fsp3) is 0.727. The lowest BCUT2D eigenvalue weighted by Crippen LogP contribution is -2.48. The summed E-state index contributed by atoms with van der Waals surface area (Å²) >= 11 is 1.67. The van der Waals surface area contributed by atoms with Gasteiger partial charge in [-0.05, 0) is 12.8 Å². The van der Waals surface area contributed by atoms with Crippen molar-refractivity contribution < 1.29 is 4.74 Å². The maximum atomic E-state index is 5.59. The van der Waals surface area contributed by atoms with Crippen LogP contribution in [0.4, 0.5) is 0 Å². The molecule has 1 aromatic rings. The number of hydrazine groups is 1. The maximum Gasteiger partial charge on any atom is 0.0945 e. The van der Waals surface area contributed by atoms with E-state index in [4.69, 9.17) is 10.6 Å². The highest BCUT2D eigenvalue weighted by molar-refractivity contribution is 7.09. The number of aromatic nitrogens is 1. The van der Waals surface area contributed by atoms with Gasteiger partial charge >= 0.3 is 0 Å². The molecule has 0 aliphatic heterocycles. The van der Waals surface area contributed by atoms with E-state index in [0.29, 0.717) is 5.92 Å². The first-order valence-corrected chi connectivity index (χ1v) is 6.36. The largest absolute Gasteiger partial charge is 0.380 e. The second-order valence-electron chi connectivity index (χ2n) is 4.30. The third kappa shape index (κ3) is 3.52. The SMILES string of the molecule is COC(C(C)C)C(Cc1nc(C)cs1)NN. The van der Waals surface area contributed by atoms with Gasteiger partial charge in [-0.15, -0.1) is 11.3 Å². The number of ether oxygens (including phenoxy) is 1. The molecule has 4 nitrogen and oxygen atoms in total. The molecule has 0 bridgehead atoms. The van der Waals surface area contributed by atoms with Crippen LogP contribution in [0, 0.1) is 12.8 Å². The lowest BCUT2D eigenvalue weighted by atomic mass is 9.98. The minimum absolute atomic E-state index is 0.106. The summed E-state index contributed by atoms with van der Waals surface area (Å²) in [6.45, 7) is 6.26. The number of methoxy groups -OCH3 is 1. The highest BCUT2D eigenvalue weighted by atomic mass is 32.1. The van der Waals surface area contributed by atoms with Crippen molar-refractivity contribution in [1.82, 2.24) is 10.4 Å². The van der Waals surface area contributed by atoms with Gasteiger partial charge in [-0.3, -0.25) is 11.3 Å². The van der Waals surface area contributed by atoms with E-state index in [2.05, 4.69) is 29.6 Å². The zero-order chi connectivity index (χ0) is 12.1. The van der Waals surface area contributed by atoms with Crippen molar-refractivity contribution in [3.8, 4) is 0 Å². The van der Waals surface area contributed by atoms with Crippen LogP contribution in [0.25, 0.3) is 0 Å². The molecule has 2 unspecified atom stereocenters.